The Morgan fingerprint density at radius 2 is 1.77 bits per heavy atom. The van der Waals surface area contributed by atoms with Gasteiger partial charge in [0.1, 0.15) is 0 Å². The number of fused-ring (bicyclic) bond motifs is 1. The lowest BCUT2D eigenvalue weighted by atomic mass is 10.0. The van der Waals surface area contributed by atoms with E-state index in [0.29, 0.717) is 11.8 Å². The van der Waals surface area contributed by atoms with Crippen molar-refractivity contribution in [3.8, 4) is 0 Å². The molecule has 0 radical (unpaired) electrons. The molecule has 1 saturated heterocycles. The van der Waals surface area contributed by atoms with Crippen LogP contribution in [0.1, 0.15) is 12.8 Å². The van der Waals surface area contributed by atoms with Gasteiger partial charge in [-0.2, -0.15) is 0 Å². The Kier molecular flexibility index (Phi) is 2.28. The van der Waals surface area contributed by atoms with E-state index in [0.717, 1.165) is 37.8 Å². The van der Waals surface area contributed by atoms with Gasteiger partial charge in [0.2, 0.25) is 5.91 Å². The molecule has 1 heterocycles. The molecule has 74 valence electrons. The van der Waals surface area contributed by atoms with E-state index >= 15 is 0 Å². The monoisotopic (exact) mass is 182 g/mol. The SMILES string of the molecule is CN(C)C(=O)C1C[C@H]2CNC[C@@H]2C1. The van der Waals surface area contributed by atoms with E-state index in [4.69, 9.17) is 0 Å². The second-order valence-corrected chi connectivity index (χ2v) is 4.58. The van der Waals surface area contributed by atoms with Gasteiger partial charge in [-0.15, -0.1) is 0 Å². The van der Waals surface area contributed by atoms with Crippen LogP contribution in [0.15, 0.2) is 0 Å². The van der Waals surface area contributed by atoms with Crippen LogP contribution >= 0.6 is 0 Å². The zero-order valence-corrected chi connectivity index (χ0v) is 8.42. The van der Waals surface area contributed by atoms with E-state index in [9.17, 15) is 4.79 Å². The summed E-state index contributed by atoms with van der Waals surface area (Å²) in [5.74, 6) is 2.18. The Morgan fingerprint density at radius 1 is 1.23 bits per heavy atom. The highest BCUT2D eigenvalue weighted by molar-refractivity contribution is 5.78. The van der Waals surface area contributed by atoms with Crippen molar-refractivity contribution < 1.29 is 4.79 Å². The molecule has 0 unspecified atom stereocenters. The van der Waals surface area contributed by atoms with Crippen LogP contribution in [0.2, 0.25) is 0 Å². The number of nitrogens with zero attached hydrogens (tertiary/aromatic N) is 1. The van der Waals surface area contributed by atoms with Crippen molar-refractivity contribution in [1.29, 1.82) is 0 Å². The zero-order chi connectivity index (χ0) is 9.42. The molecule has 0 spiro atoms. The van der Waals surface area contributed by atoms with Crippen molar-refractivity contribution in [3.05, 3.63) is 0 Å². The number of carbonyl (C=O) groups excluding carboxylic acids is 1. The van der Waals surface area contributed by atoms with Crippen molar-refractivity contribution in [2.75, 3.05) is 27.2 Å². The van der Waals surface area contributed by atoms with Crippen LogP contribution < -0.4 is 5.32 Å². The van der Waals surface area contributed by atoms with Crippen LogP contribution in [-0.2, 0) is 4.79 Å². The largest absolute Gasteiger partial charge is 0.349 e. The minimum Gasteiger partial charge on any atom is -0.349 e. The van der Waals surface area contributed by atoms with E-state index in [2.05, 4.69) is 5.32 Å². The van der Waals surface area contributed by atoms with Crippen molar-refractivity contribution in [3.63, 3.8) is 0 Å². The first-order valence-electron chi connectivity index (χ1n) is 5.10. The lowest BCUT2D eigenvalue weighted by Crippen LogP contribution is -2.29. The summed E-state index contributed by atoms with van der Waals surface area (Å²) in [7, 11) is 3.71. The van der Waals surface area contributed by atoms with E-state index in [1.807, 2.05) is 14.1 Å². The van der Waals surface area contributed by atoms with Crippen LogP contribution in [0.3, 0.4) is 0 Å². The van der Waals surface area contributed by atoms with Gasteiger partial charge in [-0.3, -0.25) is 4.79 Å². The van der Waals surface area contributed by atoms with Gasteiger partial charge in [0.05, 0.1) is 0 Å². The minimum atomic E-state index is 0.312. The third-order valence-electron chi connectivity index (χ3n) is 3.44. The maximum atomic E-state index is 11.7. The maximum absolute atomic E-state index is 11.7. The molecular formula is C10H18N2O. The van der Waals surface area contributed by atoms with Crippen molar-refractivity contribution >= 4 is 5.91 Å². The molecule has 1 saturated carbocycles. The minimum absolute atomic E-state index is 0.312. The molecule has 3 nitrogen and oxygen atoms in total. The highest BCUT2D eigenvalue weighted by atomic mass is 16.2. The van der Waals surface area contributed by atoms with E-state index < -0.39 is 0 Å². The molecular weight excluding hydrogens is 164 g/mol. The van der Waals surface area contributed by atoms with E-state index in [1.54, 1.807) is 4.90 Å². The molecule has 1 N–H and O–H groups in total. The highest BCUT2D eigenvalue weighted by Gasteiger charge is 2.40. The molecule has 2 aliphatic rings. The maximum Gasteiger partial charge on any atom is 0.225 e. The molecule has 1 aliphatic heterocycles. The molecule has 13 heavy (non-hydrogen) atoms. The summed E-state index contributed by atoms with van der Waals surface area (Å²) in [6, 6.07) is 0. The average molecular weight is 182 g/mol. The van der Waals surface area contributed by atoms with Gasteiger partial charge in [-0.05, 0) is 37.8 Å². The number of nitrogens with one attached hydrogen (secondary N) is 1. The van der Waals surface area contributed by atoms with Gasteiger partial charge < -0.3 is 10.2 Å². The van der Waals surface area contributed by atoms with E-state index in [1.165, 1.54) is 0 Å². The summed E-state index contributed by atoms with van der Waals surface area (Å²) in [6.07, 6.45) is 2.21. The highest BCUT2D eigenvalue weighted by Crippen LogP contribution is 2.38. The predicted molar refractivity (Wildman–Crippen MR) is 51.3 cm³/mol. The fourth-order valence-corrected chi connectivity index (χ4v) is 2.73. The first-order valence-corrected chi connectivity index (χ1v) is 5.10. The van der Waals surface area contributed by atoms with Gasteiger partial charge >= 0.3 is 0 Å². The lowest BCUT2D eigenvalue weighted by molar-refractivity contribution is -0.132. The molecule has 0 aromatic rings. The van der Waals surface area contributed by atoms with Gasteiger partial charge in [0, 0.05) is 20.0 Å². The lowest BCUT2D eigenvalue weighted by Gasteiger charge is -2.16. The number of rotatable bonds is 1. The summed E-state index contributed by atoms with van der Waals surface area (Å²) < 4.78 is 0. The fourth-order valence-electron chi connectivity index (χ4n) is 2.73. The van der Waals surface area contributed by atoms with Crippen LogP contribution in [0, 0.1) is 17.8 Å². The Labute approximate surface area is 79.5 Å². The molecule has 2 fully saturated rings. The normalized spacial score (nSPS) is 33.4. The molecule has 2 rings (SSSR count). The summed E-state index contributed by atoms with van der Waals surface area (Å²) in [4.78, 5) is 13.4. The summed E-state index contributed by atoms with van der Waals surface area (Å²) in [5, 5.41) is 3.39. The number of hydrogen-bond donors (Lipinski definition) is 1. The second kappa shape index (κ2) is 3.29. The van der Waals surface area contributed by atoms with Crippen molar-refractivity contribution in [2.45, 2.75) is 12.8 Å². The molecule has 0 aromatic carbocycles. The molecule has 1 aliphatic carbocycles. The van der Waals surface area contributed by atoms with Gasteiger partial charge in [-0.25, -0.2) is 0 Å². The molecule has 1 amide bonds. The summed E-state index contributed by atoms with van der Waals surface area (Å²) in [6.45, 7) is 2.25. The van der Waals surface area contributed by atoms with Gasteiger partial charge in [0.25, 0.3) is 0 Å². The van der Waals surface area contributed by atoms with Crippen LogP contribution in [-0.4, -0.2) is 38.0 Å². The standard InChI is InChI=1S/C10H18N2O/c1-12(2)10(13)7-3-8-5-11-6-9(8)4-7/h7-9,11H,3-6H2,1-2H3/t8-,9-/m0/s1. The smallest absolute Gasteiger partial charge is 0.225 e. The quantitative estimate of drug-likeness (QED) is 0.633. The number of amides is 1. The van der Waals surface area contributed by atoms with Crippen molar-refractivity contribution in [2.24, 2.45) is 17.8 Å². The van der Waals surface area contributed by atoms with E-state index in [-0.39, 0.29) is 0 Å². The molecule has 0 aromatic heterocycles. The third kappa shape index (κ3) is 1.57. The summed E-state index contributed by atoms with van der Waals surface area (Å²) >= 11 is 0. The first kappa shape index (κ1) is 9.00. The van der Waals surface area contributed by atoms with Gasteiger partial charge in [0.15, 0.2) is 0 Å². The van der Waals surface area contributed by atoms with Crippen LogP contribution in [0.4, 0.5) is 0 Å². The third-order valence-corrected chi connectivity index (χ3v) is 3.44. The fraction of sp³-hybridized carbons (Fsp3) is 0.900. The predicted octanol–water partition coefficient (Wildman–Crippen LogP) is 0.320. The average Bonchev–Trinajstić information content (AvgIpc) is 2.59. The Bertz CT molecular complexity index is 203. The topological polar surface area (TPSA) is 32.3 Å². The number of carbonyl (C=O) groups is 1. The Balaban J connectivity index is 1.95. The van der Waals surface area contributed by atoms with Gasteiger partial charge in [-0.1, -0.05) is 0 Å². The molecule has 2 atom stereocenters. The molecule has 0 bridgehead atoms. The van der Waals surface area contributed by atoms with Crippen LogP contribution in [0.25, 0.3) is 0 Å². The summed E-state index contributed by atoms with van der Waals surface area (Å²) in [5.41, 5.74) is 0. The Morgan fingerprint density at radius 3 is 2.23 bits per heavy atom. The first-order chi connectivity index (χ1) is 6.18. The number of hydrogen-bond acceptors (Lipinski definition) is 2. The van der Waals surface area contributed by atoms with Crippen molar-refractivity contribution in [1.82, 2.24) is 10.2 Å². The molecule has 3 heteroatoms. The van der Waals surface area contributed by atoms with Crippen LogP contribution in [0.5, 0.6) is 0 Å². The second-order valence-electron chi connectivity index (χ2n) is 4.58. The Hall–Kier alpha value is -0.570. The zero-order valence-electron chi connectivity index (χ0n) is 8.42.